The van der Waals surface area contributed by atoms with E-state index in [-0.39, 0.29) is 0 Å². The Bertz CT molecular complexity index is 309. The Morgan fingerprint density at radius 1 is 1.23 bits per heavy atom. The maximum absolute atomic E-state index is 12.3. The van der Waals surface area contributed by atoms with Gasteiger partial charge in [-0.2, -0.15) is 13.2 Å². The Morgan fingerprint density at radius 3 is 2.31 bits per heavy atom. The summed E-state index contributed by atoms with van der Waals surface area (Å²) < 4.78 is 37.3. The molecule has 0 bridgehead atoms. The molecule has 0 saturated carbocycles. The highest BCUT2D eigenvalue weighted by Gasteiger charge is 2.30. The molecular formula is C8H7F3IN. The quantitative estimate of drug-likeness (QED) is 0.784. The van der Waals surface area contributed by atoms with Crippen molar-refractivity contribution in [2.24, 2.45) is 0 Å². The fraction of sp³-hybridized carbons (Fsp3) is 0.250. The average molecular weight is 301 g/mol. The molecule has 1 N–H and O–H groups in total. The van der Waals surface area contributed by atoms with Crippen LogP contribution in [0.25, 0.3) is 0 Å². The molecule has 0 aromatic heterocycles. The van der Waals surface area contributed by atoms with E-state index in [1.54, 1.807) is 13.1 Å². The first-order chi connectivity index (χ1) is 5.93. The highest BCUT2D eigenvalue weighted by Crippen LogP contribution is 2.32. The molecule has 1 aromatic carbocycles. The van der Waals surface area contributed by atoms with Crippen molar-refractivity contribution in [1.82, 2.24) is 0 Å². The summed E-state index contributed by atoms with van der Waals surface area (Å²) in [5.74, 6) is 0. The average Bonchev–Trinajstić information content (AvgIpc) is 2.01. The minimum Gasteiger partial charge on any atom is -0.388 e. The fourth-order valence-electron chi connectivity index (χ4n) is 0.898. The van der Waals surface area contributed by atoms with E-state index in [4.69, 9.17) is 0 Å². The second-order valence-electron chi connectivity index (χ2n) is 2.48. The Kier molecular flexibility index (Phi) is 3.05. The molecule has 13 heavy (non-hydrogen) atoms. The van der Waals surface area contributed by atoms with Gasteiger partial charge in [0.05, 0.1) is 5.56 Å². The number of rotatable bonds is 1. The van der Waals surface area contributed by atoms with Gasteiger partial charge >= 0.3 is 6.18 Å². The molecule has 0 heterocycles. The minimum absolute atomic E-state index is 0.472. The Morgan fingerprint density at radius 2 is 1.85 bits per heavy atom. The summed E-state index contributed by atoms with van der Waals surface area (Å²) in [7, 11) is 1.59. The fourth-order valence-corrected chi connectivity index (χ4v) is 1.57. The highest BCUT2D eigenvalue weighted by molar-refractivity contribution is 14.1. The molecule has 0 aliphatic carbocycles. The van der Waals surface area contributed by atoms with Gasteiger partial charge in [-0.15, -0.1) is 0 Å². The number of nitrogens with one attached hydrogen (secondary N) is 1. The molecule has 0 aliphatic rings. The van der Waals surface area contributed by atoms with Gasteiger partial charge in [0.15, 0.2) is 0 Å². The van der Waals surface area contributed by atoms with Crippen molar-refractivity contribution in [2.75, 3.05) is 12.4 Å². The van der Waals surface area contributed by atoms with E-state index in [1.807, 2.05) is 22.6 Å². The van der Waals surface area contributed by atoms with Crippen LogP contribution < -0.4 is 5.32 Å². The molecule has 0 fully saturated rings. The third-order valence-corrected chi connectivity index (χ3v) is 2.14. The lowest BCUT2D eigenvalue weighted by molar-refractivity contribution is -0.137. The predicted octanol–water partition coefficient (Wildman–Crippen LogP) is 3.35. The van der Waals surface area contributed by atoms with Gasteiger partial charge in [-0.05, 0) is 40.8 Å². The van der Waals surface area contributed by atoms with Crippen LogP contribution in [0.5, 0.6) is 0 Å². The summed E-state index contributed by atoms with van der Waals surface area (Å²) in [6, 6.07) is 3.85. The van der Waals surface area contributed by atoms with Crippen LogP contribution in [-0.2, 0) is 6.18 Å². The van der Waals surface area contributed by atoms with Crippen LogP contribution in [0.1, 0.15) is 5.56 Å². The van der Waals surface area contributed by atoms with Crippen LogP contribution in [0.15, 0.2) is 18.2 Å². The zero-order valence-electron chi connectivity index (χ0n) is 6.74. The van der Waals surface area contributed by atoms with Gasteiger partial charge in [0, 0.05) is 16.3 Å². The molecule has 0 aliphatic heterocycles. The third kappa shape index (κ3) is 2.75. The second-order valence-corrected chi connectivity index (χ2v) is 3.72. The molecule has 1 aromatic rings. The molecule has 0 spiro atoms. The molecule has 0 unspecified atom stereocenters. The van der Waals surface area contributed by atoms with E-state index < -0.39 is 11.7 Å². The molecule has 1 rings (SSSR count). The van der Waals surface area contributed by atoms with Crippen LogP contribution >= 0.6 is 22.6 Å². The van der Waals surface area contributed by atoms with Crippen molar-refractivity contribution in [2.45, 2.75) is 6.18 Å². The van der Waals surface area contributed by atoms with E-state index in [0.29, 0.717) is 9.26 Å². The maximum Gasteiger partial charge on any atom is 0.416 e. The second kappa shape index (κ2) is 3.73. The van der Waals surface area contributed by atoms with Crippen LogP contribution in [0.2, 0.25) is 0 Å². The van der Waals surface area contributed by atoms with Crippen molar-refractivity contribution in [3.8, 4) is 0 Å². The monoisotopic (exact) mass is 301 g/mol. The van der Waals surface area contributed by atoms with Gasteiger partial charge in [0.25, 0.3) is 0 Å². The van der Waals surface area contributed by atoms with Crippen molar-refractivity contribution in [3.05, 3.63) is 27.3 Å². The van der Waals surface area contributed by atoms with Crippen molar-refractivity contribution < 1.29 is 13.2 Å². The first-order valence-electron chi connectivity index (χ1n) is 3.49. The first kappa shape index (κ1) is 10.6. The topological polar surface area (TPSA) is 12.0 Å². The van der Waals surface area contributed by atoms with Crippen molar-refractivity contribution >= 4 is 28.3 Å². The van der Waals surface area contributed by atoms with E-state index in [9.17, 15) is 13.2 Å². The standard InChI is InChI=1S/C8H7F3IN/c1-13-7-3-5(8(9,10)11)2-6(12)4-7/h2-4,13H,1H3. The molecular weight excluding hydrogens is 294 g/mol. The summed E-state index contributed by atoms with van der Waals surface area (Å²) in [6.45, 7) is 0. The Balaban J connectivity index is 3.16. The number of halogens is 4. The molecule has 72 valence electrons. The lowest BCUT2D eigenvalue weighted by atomic mass is 10.2. The summed E-state index contributed by atoms with van der Waals surface area (Å²) in [5.41, 5.74) is -0.150. The Labute approximate surface area is 87.5 Å². The summed E-state index contributed by atoms with van der Waals surface area (Å²) in [6.07, 6.45) is -4.27. The first-order valence-corrected chi connectivity index (χ1v) is 4.57. The van der Waals surface area contributed by atoms with Crippen molar-refractivity contribution in [1.29, 1.82) is 0 Å². The van der Waals surface area contributed by atoms with Gasteiger partial charge < -0.3 is 5.32 Å². The molecule has 0 atom stereocenters. The van der Waals surface area contributed by atoms with Crippen molar-refractivity contribution in [3.63, 3.8) is 0 Å². The summed E-state index contributed by atoms with van der Waals surface area (Å²) in [4.78, 5) is 0. The molecule has 5 heteroatoms. The van der Waals surface area contributed by atoms with Gasteiger partial charge in [0.1, 0.15) is 0 Å². The van der Waals surface area contributed by atoms with Crippen LogP contribution in [-0.4, -0.2) is 7.05 Å². The number of hydrogen-bond donors (Lipinski definition) is 1. The van der Waals surface area contributed by atoms with Gasteiger partial charge in [-0.1, -0.05) is 0 Å². The van der Waals surface area contributed by atoms with Crippen LogP contribution in [0.3, 0.4) is 0 Å². The van der Waals surface area contributed by atoms with Gasteiger partial charge in [-0.3, -0.25) is 0 Å². The zero-order chi connectivity index (χ0) is 10.1. The lowest BCUT2D eigenvalue weighted by Gasteiger charge is -2.09. The largest absolute Gasteiger partial charge is 0.416 e. The number of hydrogen-bond acceptors (Lipinski definition) is 1. The summed E-state index contributed by atoms with van der Waals surface area (Å²) in [5, 5.41) is 2.68. The highest BCUT2D eigenvalue weighted by atomic mass is 127. The van der Waals surface area contributed by atoms with Gasteiger partial charge in [0.2, 0.25) is 0 Å². The van der Waals surface area contributed by atoms with E-state index in [2.05, 4.69) is 5.32 Å². The number of anilines is 1. The normalized spacial score (nSPS) is 11.5. The molecule has 1 nitrogen and oxygen atoms in total. The van der Waals surface area contributed by atoms with Crippen LogP contribution in [0, 0.1) is 3.57 Å². The molecule has 0 saturated heterocycles. The van der Waals surface area contributed by atoms with E-state index >= 15 is 0 Å². The number of alkyl halides is 3. The maximum atomic E-state index is 12.3. The number of benzene rings is 1. The van der Waals surface area contributed by atoms with E-state index in [0.717, 1.165) is 12.1 Å². The molecule has 0 radical (unpaired) electrons. The third-order valence-electron chi connectivity index (χ3n) is 1.51. The Hall–Kier alpha value is -0.460. The SMILES string of the molecule is CNc1cc(I)cc(C(F)(F)F)c1. The lowest BCUT2D eigenvalue weighted by Crippen LogP contribution is -2.06. The summed E-state index contributed by atoms with van der Waals surface area (Å²) >= 11 is 1.85. The van der Waals surface area contributed by atoms with Gasteiger partial charge in [-0.25, -0.2) is 0 Å². The van der Waals surface area contributed by atoms with E-state index in [1.165, 1.54) is 0 Å². The minimum atomic E-state index is -4.27. The van der Waals surface area contributed by atoms with Crippen LogP contribution in [0.4, 0.5) is 18.9 Å². The smallest absolute Gasteiger partial charge is 0.388 e. The molecule has 0 amide bonds. The zero-order valence-corrected chi connectivity index (χ0v) is 8.90. The predicted molar refractivity (Wildman–Crippen MR) is 53.7 cm³/mol.